The first-order chi connectivity index (χ1) is 9.16. The van der Waals surface area contributed by atoms with Crippen molar-refractivity contribution in [1.82, 2.24) is 0 Å². The molecule has 19 heavy (non-hydrogen) atoms. The first-order valence-electron chi connectivity index (χ1n) is 7.05. The molecule has 0 radical (unpaired) electrons. The fourth-order valence-corrected chi connectivity index (χ4v) is 1.56. The summed E-state index contributed by atoms with van der Waals surface area (Å²) < 4.78 is 0. The van der Waals surface area contributed by atoms with Crippen molar-refractivity contribution in [2.75, 3.05) is 0 Å². The lowest BCUT2D eigenvalue weighted by molar-refractivity contribution is -0.137. The zero-order valence-electron chi connectivity index (χ0n) is 11.8. The standard InChI is InChI=1S/C16H26O3/c1-2-3-9-12-15(17)13-10-7-5-4-6-8-11-14-16(18)19/h3,5,7,9-10,13,15,17H,2,4,6,8,11-12,14H2,1H3,(H,18,19)/b7-5-,9-3-,13-10+/t15-/m0/s1. The van der Waals surface area contributed by atoms with Gasteiger partial charge in [0.25, 0.3) is 0 Å². The molecule has 0 unspecified atom stereocenters. The zero-order chi connectivity index (χ0) is 14.3. The van der Waals surface area contributed by atoms with E-state index in [0.29, 0.717) is 6.42 Å². The maximum Gasteiger partial charge on any atom is 0.303 e. The third-order valence-corrected chi connectivity index (χ3v) is 2.62. The Morgan fingerprint density at radius 2 is 1.89 bits per heavy atom. The Balaban J connectivity index is 3.50. The Bertz CT molecular complexity index is 303. The van der Waals surface area contributed by atoms with Crippen LogP contribution >= 0.6 is 0 Å². The lowest BCUT2D eigenvalue weighted by atomic mass is 10.1. The van der Waals surface area contributed by atoms with E-state index in [9.17, 15) is 9.90 Å². The summed E-state index contributed by atoms with van der Waals surface area (Å²) >= 11 is 0. The monoisotopic (exact) mass is 266 g/mol. The van der Waals surface area contributed by atoms with Crippen molar-refractivity contribution in [2.24, 2.45) is 0 Å². The van der Waals surface area contributed by atoms with Gasteiger partial charge in [-0.25, -0.2) is 0 Å². The largest absolute Gasteiger partial charge is 0.481 e. The molecule has 0 rings (SSSR count). The maximum atomic E-state index is 10.3. The van der Waals surface area contributed by atoms with Gasteiger partial charge < -0.3 is 10.2 Å². The van der Waals surface area contributed by atoms with Crippen LogP contribution in [0.25, 0.3) is 0 Å². The van der Waals surface area contributed by atoms with Crippen molar-refractivity contribution in [3.05, 3.63) is 36.5 Å². The van der Waals surface area contributed by atoms with Gasteiger partial charge in [-0.05, 0) is 32.1 Å². The van der Waals surface area contributed by atoms with Gasteiger partial charge in [0.05, 0.1) is 6.10 Å². The summed E-state index contributed by atoms with van der Waals surface area (Å²) in [6.45, 7) is 2.07. The van der Waals surface area contributed by atoms with E-state index in [-0.39, 0.29) is 6.42 Å². The van der Waals surface area contributed by atoms with Crippen LogP contribution in [0, 0.1) is 0 Å². The van der Waals surface area contributed by atoms with E-state index in [1.165, 1.54) is 0 Å². The van der Waals surface area contributed by atoms with Gasteiger partial charge in [0.15, 0.2) is 0 Å². The van der Waals surface area contributed by atoms with E-state index in [4.69, 9.17) is 5.11 Å². The van der Waals surface area contributed by atoms with Crippen LogP contribution in [0.5, 0.6) is 0 Å². The molecule has 108 valence electrons. The first-order valence-corrected chi connectivity index (χ1v) is 7.05. The van der Waals surface area contributed by atoms with E-state index in [1.54, 1.807) is 6.08 Å². The molecule has 0 fully saturated rings. The number of hydrogen-bond donors (Lipinski definition) is 2. The highest BCUT2D eigenvalue weighted by atomic mass is 16.4. The van der Waals surface area contributed by atoms with Crippen molar-refractivity contribution in [1.29, 1.82) is 0 Å². The molecule has 0 aliphatic rings. The molecule has 0 aliphatic heterocycles. The SMILES string of the molecule is CC/C=C\C[C@H](O)/C=C/C=C\CCCCCC(=O)O. The number of aliphatic hydroxyl groups excluding tert-OH is 1. The number of allylic oxidation sites excluding steroid dienone is 4. The predicted molar refractivity (Wildman–Crippen MR) is 79.1 cm³/mol. The minimum atomic E-state index is -0.718. The minimum absolute atomic E-state index is 0.265. The highest BCUT2D eigenvalue weighted by Crippen LogP contribution is 2.04. The van der Waals surface area contributed by atoms with E-state index >= 15 is 0 Å². The van der Waals surface area contributed by atoms with E-state index in [1.807, 2.05) is 30.4 Å². The third-order valence-electron chi connectivity index (χ3n) is 2.62. The van der Waals surface area contributed by atoms with Crippen LogP contribution in [0.1, 0.15) is 51.9 Å². The van der Waals surface area contributed by atoms with Crippen LogP contribution in [0.15, 0.2) is 36.5 Å². The zero-order valence-corrected chi connectivity index (χ0v) is 11.8. The van der Waals surface area contributed by atoms with Gasteiger partial charge in [0.2, 0.25) is 0 Å². The molecule has 0 aromatic carbocycles. The molecule has 0 spiro atoms. The average molecular weight is 266 g/mol. The van der Waals surface area contributed by atoms with E-state index in [2.05, 4.69) is 6.92 Å². The maximum absolute atomic E-state index is 10.3. The fourth-order valence-electron chi connectivity index (χ4n) is 1.56. The first kappa shape index (κ1) is 17.6. The Labute approximate surface area is 116 Å². The van der Waals surface area contributed by atoms with Gasteiger partial charge >= 0.3 is 5.97 Å². The Kier molecular flexibility index (Phi) is 12.2. The highest BCUT2D eigenvalue weighted by molar-refractivity contribution is 5.66. The molecular weight excluding hydrogens is 240 g/mol. The van der Waals surface area contributed by atoms with Gasteiger partial charge in [0.1, 0.15) is 0 Å². The van der Waals surface area contributed by atoms with Crippen LogP contribution in [0.2, 0.25) is 0 Å². The molecule has 0 bridgehead atoms. The molecule has 0 aromatic rings. The molecule has 0 aromatic heterocycles. The molecule has 2 N–H and O–H groups in total. The molecule has 0 heterocycles. The van der Waals surface area contributed by atoms with Gasteiger partial charge in [0, 0.05) is 6.42 Å². The van der Waals surface area contributed by atoms with Crippen molar-refractivity contribution in [3.63, 3.8) is 0 Å². The van der Waals surface area contributed by atoms with Crippen LogP contribution in [-0.2, 0) is 4.79 Å². The van der Waals surface area contributed by atoms with Gasteiger partial charge in [-0.2, -0.15) is 0 Å². The predicted octanol–water partition coefficient (Wildman–Crippen LogP) is 3.85. The summed E-state index contributed by atoms with van der Waals surface area (Å²) in [7, 11) is 0. The van der Waals surface area contributed by atoms with Crippen molar-refractivity contribution < 1.29 is 15.0 Å². The summed E-state index contributed by atoms with van der Waals surface area (Å²) in [5.41, 5.74) is 0. The molecule has 1 atom stereocenters. The number of hydrogen-bond acceptors (Lipinski definition) is 2. The molecule has 0 amide bonds. The van der Waals surface area contributed by atoms with Crippen LogP contribution in [0.4, 0.5) is 0 Å². The van der Waals surface area contributed by atoms with Crippen molar-refractivity contribution in [3.8, 4) is 0 Å². The number of aliphatic carboxylic acids is 1. The van der Waals surface area contributed by atoms with Crippen LogP contribution in [0.3, 0.4) is 0 Å². The van der Waals surface area contributed by atoms with Crippen LogP contribution < -0.4 is 0 Å². The van der Waals surface area contributed by atoms with E-state index in [0.717, 1.165) is 32.1 Å². The lowest BCUT2D eigenvalue weighted by Gasteiger charge is -1.98. The summed E-state index contributed by atoms with van der Waals surface area (Å²) in [5, 5.41) is 18.0. The lowest BCUT2D eigenvalue weighted by Crippen LogP contribution is -1.98. The summed E-state index contributed by atoms with van der Waals surface area (Å²) in [4.78, 5) is 10.3. The quantitative estimate of drug-likeness (QED) is 0.339. The Hall–Kier alpha value is -1.35. The molecule has 3 nitrogen and oxygen atoms in total. The number of unbranched alkanes of at least 4 members (excludes halogenated alkanes) is 3. The smallest absolute Gasteiger partial charge is 0.303 e. The molecular formula is C16H26O3. The molecule has 3 heteroatoms. The molecule has 0 saturated carbocycles. The minimum Gasteiger partial charge on any atom is -0.481 e. The Morgan fingerprint density at radius 3 is 2.58 bits per heavy atom. The molecule has 0 saturated heterocycles. The van der Waals surface area contributed by atoms with Gasteiger partial charge in [-0.1, -0.05) is 49.8 Å². The second-order valence-electron chi connectivity index (χ2n) is 4.49. The van der Waals surface area contributed by atoms with Crippen molar-refractivity contribution in [2.45, 2.75) is 58.0 Å². The number of carboxylic acids is 1. The summed E-state index contributed by atoms with van der Waals surface area (Å²) in [5.74, 6) is -0.718. The average Bonchev–Trinajstić information content (AvgIpc) is 2.36. The third kappa shape index (κ3) is 14.6. The highest BCUT2D eigenvalue weighted by Gasteiger charge is 1.95. The number of rotatable bonds is 11. The number of aliphatic hydroxyl groups is 1. The summed E-state index contributed by atoms with van der Waals surface area (Å²) in [6.07, 6.45) is 16.8. The second kappa shape index (κ2) is 13.1. The normalized spacial score (nSPS) is 13.8. The number of carbonyl (C=O) groups is 1. The second-order valence-corrected chi connectivity index (χ2v) is 4.49. The van der Waals surface area contributed by atoms with E-state index < -0.39 is 12.1 Å². The fraction of sp³-hybridized carbons (Fsp3) is 0.562. The summed E-state index contributed by atoms with van der Waals surface area (Å²) in [6, 6.07) is 0. The van der Waals surface area contributed by atoms with Crippen LogP contribution in [-0.4, -0.2) is 22.3 Å². The van der Waals surface area contributed by atoms with Gasteiger partial charge in [-0.15, -0.1) is 0 Å². The number of carboxylic acid groups (broad SMARTS) is 1. The topological polar surface area (TPSA) is 57.5 Å². The molecule has 0 aliphatic carbocycles. The van der Waals surface area contributed by atoms with Crippen molar-refractivity contribution >= 4 is 5.97 Å². The van der Waals surface area contributed by atoms with Gasteiger partial charge in [-0.3, -0.25) is 4.79 Å². The Morgan fingerprint density at radius 1 is 1.11 bits per heavy atom.